The van der Waals surface area contributed by atoms with Gasteiger partial charge in [-0.25, -0.2) is 0 Å². The minimum Gasteiger partial charge on any atom is -0.506 e. The molecule has 7 heteroatoms. The van der Waals surface area contributed by atoms with E-state index >= 15 is 0 Å². The summed E-state index contributed by atoms with van der Waals surface area (Å²) in [5.74, 6) is 0.0488. The quantitative estimate of drug-likeness (QED) is 0.798. The van der Waals surface area contributed by atoms with Crippen molar-refractivity contribution in [2.75, 3.05) is 10.8 Å². The van der Waals surface area contributed by atoms with Crippen molar-refractivity contribution in [2.45, 2.75) is 25.3 Å². The topological polar surface area (TPSA) is 86.7 Å². The number of aromatic hydroxyl groups is 1. The first kappa shape index (κ1) is 17.4. The number of hydrogen-bond donors (Lipinski definition) is 2. The summed E-state index contributed by atoms with van der Waals surface area (Å²) in [7, 11) is -3.81. The van der Waals surface area contributed by atoms with E-state index in [-0.39, 0.29) is 23.9 Å². The highest BCUT2D eigenvalue weighted by atomic mass is 32.2. The number of rotatable bonds is 5. The van der Waals surface area contributed by atoms with Gasteiger partial charge >= 0.3 is 10.2 Å². The largest absolute Gasteiger partial charge is 0.506 e. The van der Waals surface area contributed by atoms with Crippen molar-refractivity contribution in [3.8, 4) is 5.75 Å². The van der Waals surface area contributed by atoms with Crippen LogP contribution >= 0.6 is 0 Å². The molecular formula is C18H20N2O4S. The monoisotopic (exact) mass is 360 g/mol. The van der Waals surface area contributed by atoms with Crippen LogP contribution in [0.5, 0.6) is 5.75 Å². The molecule has 1 fully saturated rings. The minimum atomic E-state index is -3.81. The Kier molecular flexibility index (Phi) is 4.78. The zero-order valence-electron chi connectivity index (χ0n) is 13.8. The number of phenols is 1. The van der Waals surface area contributed by atoms with Crippen LogP contribution in [0.2, 0.25) is 0 Å². The maximum Gasteiger partial charge on any atom is 0.302 e. The molecule has 0 aromatic heterocycles. The molecule has 0 spiro atoms. The summed E-state index contributed by atoms with van der Waals surface area (Å²) < 4.78 is 27.4. The maximum atomic E-state index is 12.1. The lowest BCUT2D eigenvalue weighted by molar-refractivity contribution is -0.108. The van der Waals surface area contributed by atoms with E-state index < -0.39 is 16.3 Å². The summed E-state index contributed by atoms with van der Waals surface area (Å²) in [4.78, 5) is 10.9. The van der Waals surface area contributed by atoms with Crippen LogP contribution in [0.15, 0.2) is 48.5 Å². The number of nitrogens with zero attached hydrogens (tertiary/aromatic N) is 1. The lowest BCUT2D eigenvalue weighted by Gasteiger charge is -2.19. The summed E-state index contributed by atoms with van der Waals surface area (Å²) in [6.07, 6.45) is 1.36. The van der Waals surface area contributed by atoms with Gasteiger partial charge in [0.1, 0.15) is 12.0 Å². The van der Waals surface area contributed by atoms with Gasteiger partial charge in [0.05, 0.1) is 18.3 Å². The molecule has 0 radical (unpaired) electrons. The summed E-state index contributed by atoms with van der Waals surface area (Å²) in [5, 5.41) is 10.3. The first-order valence-electron chi connectivity index (χ1n) is 8.03. The zero-order chi connectivity index (χ0) is 18.0. The standard InChI is InChI=1S/C18H20N2O4S/c1-13(9-14-5-3-2-4-6-14)15-7-8-17(18(22)10-15)20-11-16(12-21)19-25(20,23)24/h2-8,10,12-13,16,19,22H,9,11H2,1H3. The van der Waals surface area contributed by atoms with Crippen LogP contribution < -0.4 is 9.03 Å². The Morgan fingerprint density at radius 2 is 2.00 bits per heavy atom. The molecule has 0 aliphatic carbocycles. The van der Waals surface area contributed by atoms with Gasteiger partial charge in [-0.15, -0.1) is 0 Å². The highest BCUT2D eigenvalue weighted by Gasteiger charge is 2.36. The number of aldehydes is 1. The van der Waals surface area contributed by atoms with Gasteiger partial charge in [0.25, 0.3) is 0 Å². The Hall–Kier alpha value is -2.38. The molecule has 132 valence electrons. The second-order valence-electron chi connectivity index (χ2n) is 6.24. The lowest BCUT2D eigenvalue weighted by atomic mass is 9.93. The molecule has 2 atom stereocenters. The molecule has 0 saturated carbocycles. The molecule has 1 heterocycles. The maximum absolute atomic E-state index is 12.1. The van der Waals surface area contributed by atoms with Crippen molar-refractivity contribution in [3.05, 3.63) is 59.7 Å². The van der Waals surface area contributed by atoms with Crippen molar-refractivity contribution in [2.24, 2.45) is 0 Å². The molecule has 1 aliphatic rings. The van der Waals surface area contributed by atoms with Crippen LogP contribution in [0.1, 0.15) is 24.0 Å². The van der Waals surface area contributed by atoms with E-state index in [1.54, 1.807) is 12.1 Å². The summed E-state index contributed by atoms with van der Waals surface area (Å²) in [5.41, 5.74) is 2.29. The number of carbonyl (C=O) groups is 1. The highest BCUT2D eigenvalue weighted by molar-refractivity contribution is 7.91. The predicted octanol–water partition coefficient (Wildman–Crippen LogP) is 1.96. The minimum absolute atomic E-state index is 0.0295. The summed E-state index contributed by atoms with van der Waals surface area (Å²) >= 11 is 0. The smallest absolute Gasteiger partial charge is 0.302 e. The third-order valence-corrected chi connectivity index (χ3v) is 5.87. The van der Waals surface area contributed by atoms with E-state index in [9.17, 15) is 18.3 Å². The number of carbonyl (C=O) groups excluding carboxylic acids is 1. The van der Waals surface area contributed by atoms with Crippen LogP contribution in [0.25, 0.3) is 0 Å². The number of hydrogen-bond acceptors (Lipinski definition) is 4. The van der Waals surface area contributed by atoms with Gasteiger partial charge in [-0.05, 0) is 35.6 Å². The third kappa shape index (κ3) is 3.67. The van der Waals surface area contributed by atoms with Crippen molar-refractivity contribution < 1.29 is 18.3 Å². The van der Waals surface area contributed by atoms with Crippen molar-refractivity contribution >= 4 is 22.2 Å². The van der Waals surface area contributed by atoms with Crippen LogP contribution in [-0.2, 0) is 21.4 Å². The molecule has 2 unspecified atom stereocenters. The molecule has 6 nitrogen and oxygen atoms in total. The molecular weight excluding hydrogens is 340 g/mol. The predicted molar refractivity (Wildman–Crippen MR) is 95.9 cm³/mol. The fraction of sp³-hybridized carbons (Fsp3) is 0.278. The lowest BCUT2D eigenvalue weighted by Crippen LogP contribution is -2.30. The SMILES string of the molecule is CC(Cc1ccccc1)c1ccc(N2CC(C=O)NS2(=O)=O)c(O)c1. The fourth-order valence-electron chi connectivity index (χ4n) is 3.01. The van der Waals surface area contributed by atoms with Crippen LogP contribution in [0.4, 0.5) is 5.69 Å². The summed E-state index contributed by atoms with van der Waals surface area (Å²) in [6, 6.07) is 14.2. The molecule has 2 N–H and O–H groups in total. The first-order chi connectivity index (χ1) is 11.9. The van der Waals surface area contributed by atoms with E-state index in [2.05, 4.69) is 11.6 Å². The summed E-state index contributed by atoms with van der Waals surface area (Å²) in [6.45, 7) is 2.02. The van der Waals surface area contributed by atoms with Gasteiger partial charge in [-0.2, -0.15) is 13.1 Å². The van der Waals surface area contributed by atoms with E-state index in [4.69, 9.17) is 0 Å². The van der Waals surface area contributed by atoms with Gasteiger partial charge in [0.15, 0.2) is 0 Å². The number of nitrogens with one attached hydrogen (secondary N) is 1. The number of benzene rings is 2. The average molecular weight is 360 g/mol. The molecule has 1 aliphatic heterocycles. The van der Waals surface area contributed by atoms with E-state index in [0.717, 1.165) is 16.3 Å². The van der Waals surface area contributed by atoms with Gasteiger partial charge < -0.3 is 9.90 Å². The Morgan fingerprint density at radius 1 is 1.28 bits per heavy atom. The number of phenolic OH excluding ortho intramolecular Hbond substituents is 1. The van der Waals surface area contributed by atoms with Gasteiger partial charge in [-0.1, -0.05) is 43.3 Å². The Morgan fingerprint density at radius 3 is 2.60 bits per heavy atom. The Bertz CT molecular complexity index is 868. The van der Waals surface area contributed by atoms with E-state index in [0.29, 0.717) is 6.29 Å². The third-order valence-electron chi connectivity index (χ3n) is 4.34. The molecule has 0 bridgehead atoms. The zero-order valence-corrected chi connectivity index (χ0v) is 14.6. The normalized spacial score (nSPS) is 20.4. The Labute approximate surface area is 147 Å². The van der Waals surface area contributed by atoms with Crippen molar-refractivity contribution in [1.29, 1.82) is 0 Å². The van der Waals surface area contributed by atoms with Gasteiger partial charge in [-0.3, -0.25) is 4.31 Å². The molecule has 3 rings (SSSR count). The van der Waals surface area contributed by atoms with Crippen LogP contribution in [0, 0.1) is 0 Å². The van der Waals surface area contributed by atoms with Crippen molar-refractivity contribution in [1.82, 2.24) is 4.72 Å². The van der Waals surface area contributed by atoms with Gasteiger partial charge in [0, 0.05) is 0 Å². The Balaban J connectivity index is 1.83. The molecule has 2 aromatic carbocycles. The van der Waals surface area contributed by atoms with E-state index in [1.165, 1.54) is 5.56 Å². The van der Waals surface area contributed by atoms with Crippen LogP contribution in [-0.4, -0.2) is 32.4 Å². The number of anilines is 1. The second-order valence-corrected chi connectivity index (χ2v) is 7.86. The molecule has 2 aromatic rings. The molecule has 25 heavy (non-hydrogen) atoms. The van der Waals surface area contributed by atoms with E-state index in [1.807, 2.05) is 36.4 Å². The average Bonchev–Trinajstić information content (AvgIpc) is 2.90. The first-order valence-corrected chi connectivity index (χ1v) is 9.47. The highest BCUT2D eigenvalue weighted by Crippen LogP contribution is 2.34. The van der Waals surface area contributed by atoms with Crippen molar-refractivity contribution in [3.63, 3.8) is 0 Å². The van der Waals surface area contributed by atoms with Gasteiger partial charge in [0.2, 0.25) is 0 Å². The molecule has 0 amide bonds. The fourth-order valence-corrected chi connectivity index (χ4v) is 4.42. The second kappa shape index (κ2) is 6.85. The van der Waals surface area contributed by atoms with Crippen LogP contribution in [0.3, 0.4) is 0 Å². The molecule has 1 saturated heterocycles.